The lowest BCUT2D eigenvalue weighted by Crippen LogP contribution is -2.33. The molecular weight excluding hydrogens is 294 g/mol. The standard InChI is InChI=1S/C13H11N3O4S/c17-12-10(16(19)20)7-15(13(18)14-12)6-9-5-8-3-1-2-4-11(8)21-9/h1-4,7,9H,5-6H2,(H,14,17,18). The minimum absolute atomic E-state index is 0.116. The SMILES string of the molecule is O=c1[nH]c(=O)n(CC2Cc3ccccc3S2)cc1[N+](=O)[O-]. The van der Waals surface area contributed by atoms with Crippen molar-refractivity contribution in [3.05, 3.63) is 67.0 Å². The number of nitrogens with zero attached hydrogens (tertiary/aromatic N) is 2. The summed E-state index contributed by atoms with van der Waals surface area (Å²) in [6, 6.07) is 7.95. The van der Waals surface area contributed by atoms with Gasteiger partial charge in [-0.05, 0) is 18.1 Å². The fourth-order valence-electron chi connectivity index (χ4n) is 2.34. The molecule has 108 valence electrons. The zero-order valence-electron chi connectivity index (χ0n) is 10.8. The normalized spacial score (nSPS) is 16.7. The van der Waals surface area contributed by atoms with Crippen LogP contribution in [0.4, 0.5) is 5.69 Å². The van der Waals surface area contributed by atoms with Gasteiger partial charge in [0.25, 0.3) is 0 Å². The molecule has 0 fully saturated rings. The van der Waals surface area contributed by atoms with Crippen LogP contribution in [0.3, 0.4) is 0 Å². The molecule has 1 unspecified atom stereocenters. The fourth-order valence-corrected chi connectivity index (χ4v) is 3.66. The zero-order chi connectivity index (χ0) is 15.0. The first-order valence-electron chi connectivity index (χ1n) is 6.27. The Balaban J connectivity index is 1.87. The van der Waals surface area contributed by atoms with E-state index in [0.717, 1.165) is 17.5 Å². The Kier molecular flexibility index (Phi) is 3.38. The molecule has 1 aromatic heterocycles. The predicted molar refractivity (Wildman–Crippen MR) is 77.8 cm³/mol. The highest BCUT2D eigenvalue weighted by molar-refractivity contribution is 8.00. The van der Waals surface area contributed by atoms with Crippen molar-refractivity contribution in [2.45, 2.75) is 23.1 Å². The van der Waals surface area contributed by atoms with Gasteiger partial charge in [0, 0.05) is 16.7 Å². The number of nitro groups is 1. The van der Waals surface area contributed by atoms with Crippen molar-refractivity contribution in [2.75, 3.05) is 0 Å². The Morgan fingerprint density at radius 2 is 2.14 bits per heavy atom. The molecule has 1 atom stereocenters. The van der Waals surface area contributed by atoms with E-state index in [2.05, 4.69) is 0 Å². The smallest absolute Gasteiger partial charge is 0.293 e. The molecule has 0 spiro atoms. The quantitative estimate of drug-likeness (QED) is 0.678. The maximum Gasteiger partial charge on any atom is 0.350 e. The molecule has 1 aliphatic rings. The van der Waals surface area contributed by atoms with E-state index in [-0.39, 0.29) is 5.25 Å². The maximum atomic E-state index is 11.8. The highest BCUT2D eigenvalue weighted by Gasteiger charge is 2.24. The van der Waals surface area contributed by atoms with Gasteiger partial charge >= 0.3 is 16.9 Å². The van der Waals surface area contributed by atoms with Crippen LogP contribution in [-0.2, 0) is 13.0 Å². The largest absolute Gasteiger partial charge is 0.350 e. The van der Waals surface area contributed by atoms with Crippen LogP contribution in [0.5, 0.6) is 0 Å². The molecule has 1 N–H and O–H groups in total. The Morgan fingerprint density at radius 1 is 1.38 bits per heavy atom. The van der Waals surface area contributed by atoms with Crippen molar-refractivity contribution in [3.8, 4) is 0 Å². The minimum Gasteiger partial charge on any atom is -0.293 e. The number of thioether (sulfide) groups is 1. The van der Waals surface area contributed by atoms with Crippen LogP contribution in [-0.4, -0.2) is 19.7 Å². The van der Waals surface area contributed by atoms with Crippen molar-refractivity contribution in [1.29, 1.82) is 0 Å². The van der Waals surface area contributed by atoms with Gasteiger partial charge in [-0.15, -0.1) is 11.8 Å². The number of fused-ring (bicyclic) bond motifs is 1. The summed E-state index contributed by atoms with van der Waals surface area (Å²) in [6.07, 6.45) is 1.81. The Labute approximate surface area is 122 Å². The van der Waals surface area contributed by atoms with Gasteiger partial charge in [0.2, 0.25) is 0 Å². The van der Waals surface area contributed by atoms with Gasteiger partial charge in [0.1, 0.15) is 0 Å². The van der Waals surface area contributed by atoms with Crippen molar-refractivity contribution < 1.29 is 4.92 Å². The van der Waals surface area contributed by atoms with Crippen molar-refractivity contribution in [3.63, 3.8) is 0 Å². The van der Waals surface area contributed by atoms with E-state index < -0.39 is 21.9 Å². The molecule has 1 aliphatic heterocycles. The molecule has 0 amide bonds. The number of hydrogen-bond acceptors (Lipinski definition) is 5. The molecule has 2 heterocycles. The van der Waals surface area contributed by atoms with Gasteiger partial charge < -0.3 is 0 Å². The number of nitrogens with one attached hydrogen (secondary N) is 1. The Bertz CT molecular complexity index is 802. The van der Waals surface area contributed by atoms with Crippen LogP contribution < -0.4 is 11.2 Å². The van der Waals surface area contributed by atoms with Gasteiger partial charge in [0.05, 0.1) is 11.1 Å². The first-order chi connectivity index (χ1) is 10.0. The maximum absolute atomic E-state index is 11.8. The number of H-pyrrole nitrogens is 1. The molecule has 0 saturated carbocycles. The lowest BCUT2D eigenvalue weighted by atomic mass is 10.1. The lowest BCUT2D eigenvalue weighted by molar-refractivity contribution is -0.386. The van der Waals surface area contributed by atoms with Gasteiger partial charge in [-0.25, -0.2) is 4.79 Å². The molecule has 0 saturated heterocycles. The minimum atomic E-state index is -0.969. The van der Waals surface area contributed by atoms with E-state index in [0.29, 0.717) is 6.54 Å². The zero-order valence-corrected chi connectivity index (χ0v) is 11.6. The molecule has 8 heteroatoms. The van der Waals surface area contributed by atoms with E-state index in [1.807, 2.05) is 29.2 Å². The van der Waals surface area contributed by atoms with Gasteiger partial charge in [-0.2, -0.15) is 0 Å². The molecule has 7 nitrogen and oxygen atoms in total. The fraction of sp³-hybridized carbons (Fsp3) is 0.231. The summed E-state index contributed by atoms with van der Waals surface area (Å²) < 4.78 is 1.20. The summed E-state index contributed by atoms with van der Waals surface area (Å²) in [5.74, 6) is 0. The summed E-state index contributed by atoms with van der Waals surface area (Å²) in [7, 11) is 0. The van der Waals surface area contributed by atoms with E-state index in [9.17, 15) is 19.7 Å². The second-order valence-corrected chi connectivity index (χ2v) is 6.08. The Morgan fingerprint density at radius 3 is 2.86 bits per heavy atom. The first kappa shape index (κ1) is 13.6. The molecule has 1 aromatic carbocycles. The molecule has 0 aliphatic carbocycles. The second-order valence-electron chi connectivity index (χ2n) is 4.73. The van der Waals surface area contributed by atoms with Crippen molar-refractivity contribution >= 4 is 17.4 Å². The van der Waals surface area contributed by atoms with E-state index >= 15 is 0 Å². The third kappa shape index (κ3) is 2.62. The van der Waals surface area contributed by atoms with Gasteiger partial charge in [-0.3, -0.25) is 24.5 Å². The highest BCUT2D eigenvalue weighted by Crippen LogP contribution is 2.37. The molecule has 0 bridgehead atoms. The number of aromatic nitrogens is 2. The lowest BCUT2D eigenvalue weighted by Gasteiger charge is -2.10. The number of benzene rings is 1. The Hall–Kier alpha value is -2.35. The van der Waals surface area contributed by atoms with Crippen LogP contribution >= 0.6 is 11.8 Å². The third-order valence-corrected chi connectivity index (χ3v) is 4.60. The van der Waals surface area contributed by atoms with Crippen LogP contribution in [0.25, 0.3) is 0 Å². The average molecular weight is 305 g/mol. The van der Waals surface area contributed by atoms with E-state index in [1.54, 1.807) is 11.8 Å². The summed E-state index contributed by atoms with van der Waals surface area (Å²) in [5, 5.41) is 10.9. The van der Waals surface area contributed by atoms with Crippen LogP contribution in [0.15, 0.2) is 44.9 Å². The topological polar surface area (TPSA) is 98.0 Å². The summed E-state index contributed by atoms with van der Waals surface area (Å²) in [6.45, 7) is 0.315. The number of rotatable bonds is 3. The predicted octanol–water partition coefficient (Wildman–Crippen LogP) is 1.16. The van der Waals surface area contributed by atoms with Crippen LogP contribution in [0.1, 0.15) is 5.56 Å². The van der Waals surface area contributed by atoms with E-state index in [1.165, 1.54) is 10.1 Å². The van der Waals surface area contributed by atoms with Crippen molar-refractivity contribution in [1.82, 2.24) is 9.55 Å². The van der Waals surface area contributed by atoms with Crippen LogP contribution in [0.2, 0.25) is 0 Å². The summed E-state index contributed by atoms with van der Waals surface area (Å²) in [5.41, 5.74) is -1.000. The summed E-state index contributed by atoms with van der Waals surface area (Å²) >= 11 is 1.64. The van der Waals surface area contributed by atoms with E-state index in [4.69, 9.17) is 0 Å². The molecule has 2 aromatic rings. The summed E-state index contributed by atoms with van der Waals surface area (Å²) in [4.78, 5) is 36.2. The second kappa shape index (κ2) is 5.21. The monoisotopic (exact) mass is 305 g/mol. The van der Waals surface area contributed by atoms with Gasteiger partial charge in [-0.1, -0.05) is 18.2 Å². The molecular formula is C13H11N3O4S. The highest BCUT2D eigenvalue weighted by atomic mass is 32.2. The van der Waals surface area contributed by atoms with Crippen LogP contribution in [0, 0.1) is 10.1 Å². The van der Waals surface area contributed by atoms with Gasteiger partial charge in [0.15, 0.2) is 0 Å². The molecule has 3 rings (SSSR count). The third-order valence-electron chi connectivity index (χ3n) is 3.30. The first-order valence-corrected chi connectivity index (χ1v) is 7.15. The van der Waals surface area contributed by atoms with Crippen molar-refractivity contribution in [2.24, 2.45) is 0 Å². The molecule has 0 radical (unpaired) electrons. The number of hydrogen-bond donors (Lipinski definition) is 1. The molecule has 21 heavy (non-hydrogen) atoms. The average Bonchev–Trinajstić information content (AvgIpc) is 2.83. The number of aromatic amines is 1.